The lowest BCUT2D eigenvalue weighted by molar-refractivity contribution is 0.304. The van der Waals surface area contributed by atoms with Crippen LogP contribution in [0.25, 0.3) is 22.3 Å². The van der Waals surface area contributed by atoms with Crippen molar-refractivity contribution in [2.24, 2.45) is 0 Å². The third-order valence-corrected chi connectivity index (χ3v) is 14.6. The van der Waals surface area contributed by atoms with Crippen molar-refractivity contribution in [3.8, 4) is 56.8 Å². The van der Waals surface area contributed by atoms with Gasteiger partial charge >= 0.3 is 0 Å². The third-order valence-electron chi connectivity index (χ3n) is 14.6. The molecule has 5 N–H and O–H groups in total. The number of rotatable bonds is 24. The van der Waals surface area contributed by atoms with Gasteiger partial charge in [0, 0.05) is 33.4 Å². The van der Waals surface area contributed by atoms with Crippen molar-refractivity contribution in [3.05, 3.63) is 119 Å². The van der Waals surface area contributed by atoms with E-state index in [1.54, 1.807) is 24.3 Å². The molecule has 72 heavy (non-hydrogen) atoms. The molecule has 0 fully saturated rings. The van der Waals surface area contributed by atoms with Gasteiger partial charge < -0.3 is 30.3 Å². The van der Waals surface area contributed by atoms with Gasteiger partial charge in [0.2, 0.25) is 0 Å². The van der Waals surface area contributed by atoms with E-state index in [-0.39, 0.29) is 44.7 Å². The van der Waals surface area contributed by atoms with Gasteiger partial charge in [-0.25, -0.2) is 0 Å². The highest BCUT2D eigenvalue weighted by Crippen LogP contribution is 2.44. The van der Waals surface area contributed by atoms with E-state index >= 15 is 0 Å². The summed E-state index contributed by atoms with van der Waals surface area (Å²) in [7, 11) is 0. The van der Waals surface area contributed by atoms with Crippen LogP contribution in [-0.2, 0) is 21.7 Å². The summed E-state index contributed by atoms with van der Waals surface area (Å²) in [4.78, 5) is 0. The Balaban J connectivity index is 0.000000332. The number of ether oxygens (including phenoxy) is 1. The zero-order valence-corrected chi connectivity index (χ0v) is 47.3. The SMILES string of the molecule is CC(C)(C)c1cc(O)c(C(C)(C)C)cc1O.CCC(C)(C)c1cc(O)c(C(C)(C)CC)cc1O.CCCCCCCCCCCCCCCCCCOc1cc(-c2ccccc2)c(O)c(-c2ccccc2)c1. The Morgan fingerprint density at radius 2 is 0.653 bits per heavy atom. The molecule has 398 valence electrons. The monoisotopic (exact) mass is 987 g/mol. The number of benzene rings is 5. The molecule has 0 spiro atoms. The average Bonchev–Trinajstić information content (AvgIpc) is 3.34. The number of phenolic OH excluding ortho intramolecular Hbond substituents is 5. The van der Waals surface area contributed by atoms with E-state index in [1.165, 1.54) is 96.3 Å². The molecule has 0 amide bonds. The van der Waals surface area contributed by atoms with E-state index in [9.17, 15) is 25.5 Å². The van der Waals surface area contributed by atoms with Crippen LogP contribution in [0.2, 0.25) is 0 Å². The molecule has 0 aliphatic heterocycles. The summed E-state index contributed by atoms with van der Waals surface area (Å²) < 4.78 is 6.19. The number of hydrogen-bond donors (Lipinski definition) is 5. The molecule has 0 aromatic heterocycles. The second-order valence-electron chi connectivity index (χ2n) is 23.5. The van der Waals surface area contributed by atoms with Crippen LogP contribution < -0.4 is 4.74 Å². The smallest absolute Gasteiger partial charge is 0.131 e. The topological polar surface area (TPSA) is 110 Å². The molecule has 6 heteroatoms. The van der Waals surface area contributed by atoms with E-state index in [0.717, 1.165) is 69.5 Å². The van der Waals surface area contributed by atoms with Crippen LogP contribution in [-0.4, -0.2) is 32.1 Å². The van der Waals surface area contributed by atoms with Gasteiger partial charge in [-0.2, -0.15) is 0 Å². The van der Waals surface area contributed by atoms with E-state index < -0.39 is 0 Å². The Kier molecular flexibility index (Phi) is 25.1. The van der Waals surface area contributed by atoms with Gasteiger partial charge in [0.15, 0.2) is 0 Å². The molecule has 0 radical (unpaired) electrons. The van der Waals surface area contributed by atoms with Crippen LogP contribution in [0.4, 0.5) is 0 Å². The van der Waals surface area contributed by atoms with Crippen molar-refractivity contribution >= 4 is 0 Å². The number of hydrogen-bond acceptors (Lipinski definition) is 6. The summed E-state index contributed by atoms with van der Waals surface area (Å²) in [5.74, 6) is 2.22. The molecule has 0 bridgehead atoms. The summed E-state index contributed by atoms with van der Waals surface area (Å²) in [5.41, 5.74) is 6.21. The molecule has 0 saturated heterocycles. The molecule has 0 aliphatic rings. The largest absolute Gasteiger partial charge is 0.508 e. The fraction of sp³-hybridized carbons (Fsp3) is 0.545. The van der Waals surface area contributed by atoms with Crippen LogP contribution >= 0.6 is 0 Å². The van der Waals surface area contributed by atoms with E-state index in [2.05, 4.69) is 48.5 Å². The predicted octanol–water partition coefficient (Wildman–Crippen LogP) is 19.5. The fourth-order valence-corrected chi connectivity index (χ4v) is 9.03. The summed E-state index contributed by atoms with van der Waals surface area (Å²) in [6.07, 6.45) is 23.7. The Morgan fingerprint density at radius 1 is 0.361 bits per heavy atom. The second kappa shape index (κ2) is 29.6. The number of unbranched alkanes of at least 4 members (excludes halogenated alkanes) is 15. The maximum atomic E-state index is 11.1. The first-order chi connectivity index (χ1) is 34.0. The van der Waals surface area contributed by atoms with E-state index in [1.807, 2.05) is 114 Å². The molecule has 0 saturated carbocycles. The summed E-state index contributed by atoms with van der Waals surface area (Å²) in [6.45, 7) is 27.5. The zero-order valence-electron chi connectivity index (χ0n) is 47.3. The fourth-order valence-electron chi connectivity index (χ4n) is 9.03. The van der Waals surface area contributed by atoms with Gasteiger partial charge in [0.1, 0.15) is 34.5 Å². The first-order valence-electron chi connectivity index (χ1n) is 27.7. The molecule has 6 nitrogen and oxygen atoms in total. The summed E-state index contributed by atoms with van der Waals surface area (Å²) >= 11 is 0. The van der Waals surface area contributed by atoms with Crippen LogP contribution in [0.5, 0.6) is 34.5 Å². The standard InChI is InChI=1S/C36H50O2.C16H26O2.C14H22O2/c1-2-3-4-5-6-7-8-9-10-11-12-13-14-15-16-23-28-38-33-29-34(31-24-19-17-20-25-31)36(37)35(30-33)32-26-21-18-22-27-32;1-7-15(3,4)11-9-14(18)12(10-13(11)17)16(5,6)8-2;1-13(2,3)9-7-12(16)10(8-11(9)15)14(4,5)6/h17-22,24-27,29-30,37H,2-16,23,28H2,1H3;9-10,17-18H,7-8H2,1-6H3;7-8,15-16H,1-6H3. The van der Waals surface area contributed by atoms with Crippen molar-refractivity contribution in [2.75, 3.05) is 6.61 Å². The minimum atomic E-state index is -0.169. The van der Waals surface area contributed by atoms with Gasteiger partial charge in [-0.3, -0.25) is 0 Å². The van der Waals surface area contributed by atoms with Crippen molar-refractivity contribution in [2.45, 2.75) is 227 Å². The molecule has 5 rings (SSSR count). The Morgan fingerprint density at radius 3 is 0.958 bits per heavy atom. The highest BCUT2D eigenvalue weighted by atomic mass is 16.5. The normalized spacial score (nSPS) is 11.9. The molecular weight excluding hydrogens is 889 g/mol. The quantitative estimate of drug-likeness (QED) is 0.0311. The number of phenols is 5. The van der Waals surface area contributed by atoms with Gasteiger partial charge in [-0.05, 0) is 88.4 Å². The lowest BCUT2D eigenvalue weighted by Gasteiger charge is -2.29. The van der Waals surface area contributed by atoms with Crippen molar-refractivity contribution < 1.29 is 30.3 Å². The van der Waals surface area contributed by atoms with Crippen molar-refractivity contribution in [1.82, 2.24) is 0 Å². The summed E-state index contributed by atoms with van der Waals surface area (Å²) in [5, 5.41) is 51.6. The lowest BCUT2D eigenvalue weighted by Crippen LogP contribution is -2.19. The maximum Gasteiger partial charge on any atom is 0.131 e. The second-order valence-corrected chi connectivity index (χ2v) is 23.5. The third kappa shape index (κ3) is 19.7. The van der Waals surface area contributed by atoms with Gasteiger partial charge in [0.25, 0.3) is 0 Å². The lowest BCUT2D eigenvalue weighted by atomic mass is 9.77. The van der Waals surface area contributed by atoms with Crippen LogP contribution in [0.1, 0.15) is 228 Å². The Hall–Kier alpha value is -5.10. The van der Waals surface area contributed by atoms with Crippen LogP contribution in [0.15, 0.2) is 97.1 Å². The Bertz CT molecular complexity index is 2170. The number of aromatic hydroxyl groups is 5. The molecule has 0 unspecified atom stereocenters. The van der Waals surface area contributed by atoms with Gasteiger partial charge in [0.05, 0.1) is 6.61 Å². The van der Waals surface area contributed by atoms with Crippen molar-refractivity contribution in [3.63, 3.8) is 0 Å². The summed E-state index contributed by atoms with van der Waals surface area (Å²) in [6, 6.07) is 30.9. The average molecular weight is 988 g/mol. The maximum absolute atomic E-state index is 11.1. The van der Waals surface area contributed by atoms with Crippen LogP contribution in [0, 0.1) is 0 Å². The molecule has 0 heterocycles. The van der Waals surface area contributed by atoms with E-state index in [4.69, 9.17) is 4.74 Å². The molecule has 5 aromatic rings. The predicted molar refractivity (Wildman–Crippen MR) is 308 cm³/mol. The highest BCUT2D eigenvalue weighted by Gasteiger charge is 2.28. The first-order valence-corrected chi connectivity index (χ1v) is 27.7. The highest BCUT2D eigenvalue weighted by molar-refractivity contribution is 5.83. The molecule has 5 aromatic carbocycles. The first kappa shape index (κ1) is 61.2. The molecule has 0 atom stereocenters. The minimum Gasteiger partial charge on any atom is -0.508 e. The zero-order chi connectivity index (χ0) is 53.5. The molecular formula is C66H98O6. The van der Waals surface area contributed by atoms with Crippen LogP contribution in [0.3, 0.4) is 0 Å². The van der Waals surface area contributed by atoms with Crippen molar-refractivity contribution in [1.29, 1.82) is 0 Å². The van der Waals surface area contributed by atoms with Gasteiger partial charge in [-0.15, -0.1) is 0 Å². The van der Waals surface area contributed by atoms with Gasteiger partial charge in [-0.1, -0.05) is 247 Å². The minimum absolute atomic E-state index is 0.129. The Labute approximate surface area is 438 Å². The molecule has 0 aliphatic carbocycles. The van der Waals surface area contributed by atoms with E-state index in [0.29, 0.717) is 12.4 Å².